The van der Waals surface area contributed by atoms with E-state index < -0.39 is 0 Å². The van der Waals surface area contributed by atoms with Crippen LogP contribution in [-0.2, 0) is 16.1 Å². The molecule has 0 radical (unpaired) electrons. The minimum Gasteiger partial charge on any atom is -0.323 e. The molecule has 126 valence electrons. The van der Waals surface area contributed by atoms with Crippen molar-refractivity contribution in [1.82, 2.24) is 4.90 Å². The van der Waals surface area contributed by atoms with Crippen LogP contribution in [0.15, 0.2) is 41.8 Å². The lowest BCUT2D eigenvalue weighted by molar-refractivity contribution is -0.125. The van der Waals surface area contributed by atoms with E-state index in [0.29, 0.717) is 5.69 Å². The molecule has 2 aromatic rings. The monoisotopic (exact) mass is 343 g/mol. The second-order valence-corrected chi connectivity index (χ2v) is 6.84. The lowest BCUT2D eigenvalue weighted by Gasteiger charge is -2.34. The first kappa shape index (κ1) is 16.7. The molecule has 5 nitrogen and oxygen atoms in total. The largest absolute Gasteiger partial charge is 0.323 e. The number of benzene rings is 1. The molecular weight excluding hydrogens is 322 g/mol. The van der Waals surface area contributed by atoms with E-state index in [1.54, 1.807) is 16.2 Å². The Bertz CT molecular complexity index is 730. The summed E-state index contributed by atoms with van der Waals surface area (Å²) < 4.78 is 0. The van der Waals surface area contributed by atoms with Crippen LogP contribution in [0.1, 0.15) is 18.7 Å². The van der Waals surface area contributed by atoms with Gasteiger partial charge in [-0.1, -0.05) is 25.1 Å². The van der Waals surface area contributed by atoms with Crippen LogP contribution in [0, 0.1) is 0 Å². The molecule has 0 fully saturated rings. The van der Waals surface area contributed by atoms with Gasteiger partial charge < -0.3 is 5.32 Å². The number of nitrogens with one attached hydrogen (secondary N) is 1. The number of carbonyl (C=O) groups is 2. The molecule has 6 heteroatoms. The molecule has 2 amide bonds. The van der Waals surface area contributed by atoms with Crippen molar-refractivity contribution in [2.24, 2.45) is 0 Å². The topological polar surface area (TPSA) is 52.7 Å². The Hall–Kier alpha value is -2.18. The van der Waals surface area contributed by atoms with E-state index in [9.17, 15) is 9.59 Å². The Balaban J connectivity index is 1.81. The van der Waals surface area contributed by atoms with E-state index in [4.69, 9.17) is 0 Å². The predicted molar refractivity (Wildman–Crippen MR) is 97.3 cm³/mol. The molecule has 1 aliphatic rings. The zero-order valence-corrected chi connectivity index (χ0v) is 14.7. The molecule has 0 spiro atoms. The fourth-order valence-electron chi connectivity index (χ4n) is 2.94. The SMILES string of the molecule is CCN(Cc1cccs1)[C@@H](C)C(=O)N1CC(=O)Nc2ccccc21. The smallest absolute Gasteiger partial charge is 0.244 e. The second-order valence-electron chi connectivity index (χ2n) is 5.81. The molecule has 1 N–H and O–H groups in total. The van der Waals surface area contributed by atoms with E-state index in [1.165, 1.54) is 4.88 Å². The molecule has 1 aromatic carbocycles. The van der Waals surface area contributed by atoms with Crippen LogP contribution in [0.3, 0.4) is 0 Å². The van der Waals surface area contributed by atoms with Crippen molar-refractivity contribution in [3.05, 3.63) is 46.7 Å². The Morgan fingerprint density at radius 2 is 2.12 bits per heavy atom. The molecule has 1 aromatic heterocycles. The first-order valence-corrected chi connectivity index (χ1v) is 8.94. The van der Waals surface area contributed by atoms with Crippen molar-refractivity contribution >= 4 is 34.5 Å². The summed E-state index contributed by atoms with van der Waals surface area (Å²) in [5, 5.41) is 4.86. The first-order valence-electron chi connectivity index (χ1n) is 8.07. The number of para-hydroxylation sites is 2. The average molecular weight is 343 g/mol. The molecule has 0 saturated heterocycles. The van der Waals surface area contributed by atoms with Gasteiger partial charge in [0.25, 0.3) is 0 Å². The summed E-state index contributed by atoms with van der Waals surface area (Å²) >= 11 is 1.69. The Labute approximate surface area is 145 Å². The minimum atomic E-state index is -0.295. The third kappa shape index (κ3) is 3.34. The number of nitrogens with zero attached hydrogens (tertiary/aromatic N) is 2. The molecule has 0 saturated carbocycles. The fourth-order valence-corrected chi connectivity index (χ4v) is 3.67. The van der Waals surface area contributed by atoms with Crippen molar-refractivity contribution in [3.8, 4) is 0 Å². The van der Waals surface area contributed by atoms with E-state index in [0.717, 1.165) is 18.8 Å². The number of anilines is 2. The molecule has 0 unspecified atom stereocenters. The highest BCUT2D eigenvalue weighted by Crippen LogP contribution is 2.30. The normalized spacial score (nSPS) is 15.1. The maximum atomic E-state index is 13.0. The van der Waals surface area contributed by atoms with Gasteiger partial charge in [-0.15, -0.1) is 11.3 Å². The third-order valence-electron chi connectivity index (χ3n) is 4.29. The maximum Gasteiger partial charge on any atom is 0.244 e. The van der Waals surface area contributed by atoms with Crippen molar-refractivity contribution in [2.45, 2.75) is 26.4 Å². The zero-order valence-electron chi connectivity index (χ0n) is 13.9. The third-order valence-corrected chi connectivity index (χ3v) is 5.15. The number of hydrogen-bond acceptors (Lipinski definition) is 4. The summed E-state index contributed by atoms with van der Waals surface area (Å²) in [4.78, 5) is 29.9. The van der Waals surface area contributed by atoms with Crippen LogP contribution in [-0.4, -0.2) is 35.8 Å². The number of thiophene rings is 1. The Kier molecular flexibility index (Phi) is 4.97. The molecule has 2 heterocycles. The number of rotatable bonds is 5. The number of carbonyl (C=O) groups excluding carboxylic acids is 2. The molecule has 3 rings (SSSR count). The van der Waals surface area contributed by atoms with Gasteiger partial charge in [-0.3, -0.25) is 19.4 Å². The number of fused-ring (bicyclic) bond motifs is 1. The lowest BCUT2D eigenvalue weighted by atomic mass is 10.1. The van der Waals surface area contributed by atoms with Gasteiger partial charge in [-0.2, -0.15) is 0 Å². The van der Waals surface area contributed by atoms with Crippen LogP contribution in [0.5, 0.6) is 0 Å². The summed E-state index contributed by atoms with van der Waals surface area (Å²) in [7, 11) is 0. The highest BCUT2D eigenvalue weighted by Gasteiger charge is 2.31. The van der Waals surface area contributed by atoms with Gasteiger partial charge in [0.1, 0.15) is 6.54 Å². The zero-order chi connectivity index (χ0) is 17.1. The van der Waals surface area contributed by atoms with Gasteiger partial charge in [-0.25, -0.2) is 0 Å². The molecule has 1 atom stereocenters. The van der Waals surface area contributed by atoms with Crippen LogP contribution in [0.25, 0.3) is 0 Å². The molecule has 24 heavy (non-hydrogen) atoms. The second kappa shape index (κ2) is 7.15. The summed E-state index contributed by atoms with van der Waals surface area (Å²) in [6.45, 7) is 5.54. The van der Waals surface area contributed by atoms with Gasteiger partial charge in [0.05, 0.1) is 17.4 Å². The predicted octanol–water partition coefficient (Wildman–Crippen LogP) is 2.94. The quantitative estimate of drug-likeness (QED) is 0.908. The Morgan fingerprint density at radius 1 is 1.33 bits per heavy atom. The maximum absolute atomic E-state index is 13.0. The van der Waals surface area contributed by atoms with Gasteiger partial charge in [0.15, 0.2) is 0 Å². The number of hydrogen-bond donors (Lipinski definition) is 1. The summed E-state index contributed by atoms with van der Waals surface area (Å²) in [6, 6.07) is 11.2. The van der Waals surface area contributed by atoms with E-state index in [1.807, 2.05) is 49.6 Å². The van der Waals surface area contributed by atoms with E-state index in [-0.39, 0.29) is 24.4 Å². The standard InChI is InChI=1S/C18H21N3O2S/c1-3-20(11-14-7-6-10-24-14)13(2)18(23)21-12-17(22)19-15-8-4-5-9-16(15)21/h4-10,13H,3,11-12H2,1-2H3,(H,19,22)/t13-/m0/s1. The van der Waals surface area contributed by atoms with Gasteiger partial charge in [0, 0.05) is 11.4 Å². The summed E-state index contributed by atoms with van der Waals surface area (Å²) in [6.07, 6.45) is 0. The first-order chi connectivity index (χ1) is 11.6. The van der Waals surface area contributed by atoms with Crippen molar-refractivity contribution in [3.63, 3.8) is 0 Å². The molecule has 0 bridgehead atoms. The molecular formula is C18H21N3O2S. The van der Waals surface area contributed by atoms with Gasteiger partial charge in [-0.05, 0) is 37.0 Å². The van der Waals surface area contributed by atoms with Crippen LogP contribution in [0.2, 0.25) is 0 Å². The van der Waals surface area contributed by atoms with Crippen molar-refractivity contribution in [2.75, 3.05) is 23.3 Å². The highest BCUT2D eigenvalue weighted by molar-refractivity contribution is 7.09. The van der Waals surface area contributed by atoms with Crippen molar-refractivity contribution < 1.29 is 9.59 Å². The van der Waals surface area contributed by atoms with Crippen LogP contribution < -0.4 is 10.2 Å². The molecule has 1 aliphatic heterocycles. The number of amides is 2. The van der Waals surface area contributed by atoms with E-state index >= 15 is 0 Å². The van der Waals surface area contributed by atoms with Crippen LogP contribution >= 0.6 is 11.3 Å². The fraction of sp³-hybridized carbons (Fsp3) is 0.333. The van der Waals surface area contributed by atoms with Gasteiger partial charge in [0.2, 0.25) is 11.8 Å². The summed E-state index contributed by atoms with van der Waals surface area (Å²) in [5.74, 6) is -0.203. The Morgan fingerprint density at radius 3 is 2.83 bits per heavy atom. The highest BCUT2D eigenvalue weighted by atomic mass is 32.1. The van der Waals surface area contributed by atoms with Gasteiger partial charge >= 0.3 is 0 Å². The molecule has 0 aliphatic carbocycles. The van der Waals surface area contributed by atoms with Crippen LogP contribution in [0.4, 0.5) is 11.4 Å². The average Bonchev–Trinajstić information content (AvgIpc) is 3.10. The van der Waals surface area contributed by atoms with Crippen molar-refractivity contribution in [1.29, 1.82) is 0 Å². The van der Waals surface area contributed by atoms with E-state index in [2.05, 4.69) is 16.3 Å². The summed E-state index contributed by atoms with van der Waals surface area (Å²) in [5.41, 5.74) is 1.46. The lowest BCUT2D eigenvalue weighted by Crippen LogP contribution is -2.51. The minimum absolute atomic E-state index is 0.0456. The number of likely N-dealkylation sites (N-methyl/N-ethyl adjacent to an activating group) is 1.